The molecule has 1 aliphatic rings. The molecule has 0 spiro atoms. The van der Waals surface area contributed by atoms with E-state index in [1.54, 1.807) is 6.20 Å². The minimum atomic E-state index is 0.584. The molecule has 0 unspecified atom stereocenters. The van der Waals surface area contributed by atoms with E-state index < -0.39 is 0 Å². The summed E-state index contributed by atoms with van der Waals surface area (Å²) < 4.78 is 0. The summed E-state index contributed by atoms with van der Waals surface area (Å²) in [6.45, 7) is 0. The fraction of sp³-hybridized carbons (Fsp3) is 0. The molecular weight excluding hydrogens is 152 g/mol. The second-order valence-electron chi connectivity index (χ2n) is 2.36. The van der Waals surface area contributed by atoms with Gasteiger partial charge in [-0.2, -0.15) is 4.99 Å². The first-order valence-electron chi connectivity index (χ1n) is 3.50. The molecule has 2 rings (SSSR count). The van der Waals surface area contributed by atoms with E-state index in [1.165, 1.54) is 6.08 Å². The second-order valence-corrected chi connectivity index (χ2v) is 2.36. The zero-order valence-electron chi connectivity index (χ0n) is 6.19. The SMILES string of the molecule is O=C=NC1=C[N]c2ccccc21. The van der Waals surface area contributed by atoms with Crippen LogP contribution in [-0.2, 0) is 4.79 Å². The van der Waals surface area contributed by atoms with Crippen LogP contribution in [0.1, 0.15) is 5.56 Å². The quantitative estimate of drug-likeness (QED) is 0.450. The Morgan fingerprint density at radius 3 is 3.00 bits per heavy atom. The highest BCUT2D eigenvalue weighted by Crippen LogP contribution is 2.29. The van der Waals surface area contributed by atoms with Crippen molar-refractivity contribution in [2.75, 3.05) is 0 Å². The van der Waals surface area contributed by atoms with Gasteiger partial charge in [-0.05, 0) is 6.07 Å². The molecule has 0 N–H and O–H groups in total. The maximum absolute atomic E-state index is 10.00. The van der Waals surface area contributed by atoms with Crippen molar-refractivity contribution < 1.29 is 4.79 Å². The van der Waals surface area contributed by atoms with Crippen molar-refractivity contribution in [1.82, 2.24) is 5.32 Å². The van der Waals surface area contributed by atoms with Gasteiger partial charge in [0.25, 0.3) is 0 Å². The number of nitrogens with zero attached hydrogens (tertiary/aromatic N) is 2. The van der Waals surface area contributed by atoms with Gasteiger partial charge in [0, 0.05) is 5.56 Å². The molecule has 1 aromatic rings. The summed E-state index contributed by atoms with van der Waals surface area (Å²) in [4.78, 5) is 13.5. The second kappa shape index (κ2) is 2.64. The minimum absolute atomic E-state index is 0.584. The third kappa shape index (κ3) is 0.929. The van der Waals surface area contributed by atoms with E-state index in [0.717, 1.165) is 11.3 Å². The molecule has 3 heteroatoms. The lowest BCUT2D eigenvalue weighted by atomic mass is 10.2. The Bertz CT molecular complexity index is 389. The van der Waals surface area contributed by atoms with Crippen LogP contribution in [0.3, 0.4) is 0 Å². The van der Waals surface area contributed by atoms with Crippen LogP contribution in [0.2, 0.25) is 0 Å². The van der Waals surface area contributed by atoms with Gasteiger partial charge in [-0.25, -0.2) is 4.79 Å². The van der Waals surface area contributed by atoms with Crippen molar-refractivity contribution in [2.24, 2.45) is 4.99 Å². The molecule has 0 amide bonds. The molecule has 3 nitrogen and oxygen atoms in total. The summed E-state index contributed by atoms with van der Waals surface area (Å²) in [6.07, 6.45) is 3.06. The molecule has 0 aliphatic carbocycles. The van der Waals surface area contributed by atoms with Crippen LogP contribution in [0, 0.1) is 0 Å². The van der Waals surface area contributed by atoms with E-state index in [1.807, 2.05) is 24.3 Å². The van der Waals surface area contributed by atoms with Crippen LogP contribution < -0.4 is 5.32 Å². The van der Waals surface area contributed by atoms with Crippen LogP contribution in [-0.4, -0.2) is 6.08 Å². The monoisotopic (exact) mass is 157 g/mol. The molecule has 1 aliphatic heterocycles. The molecule has 0 saturated carbocycles. The van der Waals surface area contributed by atoms with E-state index in [2.05, 4.69) is 10.3 Å². The summed E-state index contributed by atoms with van der Waals surface area (Å²) in [5.74, 6) is 0. The van der Waals surface area contributed by atoms with Crippen molar-refractivity contribution in [1.29, 1.82) is 0 Å². The Balaban J connectivity index is 2.51. The summed E-state index contributed by atoms with van der Waals surface area (Å²) in [5, 5.41) is 4.06. The number of benzene rings is 1. The van der Waals surface area contributed by atoms with E-state index in [-0.39, 0.29) is 0 Å². The topological polar surface area (TPSA) is 43.5 Å². The number of hydrogen-bond donors (Lipinski definition) is 0. The first-order valence-corrected chi connectivity index (χ1v) is 3.50. The lowest BCUT2D eigenvalue weighted by molar-refractivity contribution is 0.565. The van der Waals surface area contributed by atoms with Gasteiger partial charge in [0.2, 0.25) is 6.08 Å². The minimum Gasteiger partial charge on any atom is -0.254 e. The van der Waals surface area contributed by atoms with Crippen LogP contribution >= 0.6 is 0 Å². The normalized spacial score (nSPS) is 12.5. The van der Waals surface area contributed by atoms with Crippen molar-refractivity contribution in [3.8, 4) is 0 Å². The maximum Gasteiger partial charge on any atom is 0.240 e. The van der Waals surface area contributed by atoms with Crippen LogP contribution in [0.4, 0.5) is 5.69 Å². The Labute approximate surface area is 69.4 Å². The van der Waals surface area contributed by atoms with Gasteiger partial charge in [0.05, 0.1) is 11.9 Å². The van der Waals surface area contributed by atoms with Crippen molar-refractivity contribution in [3.63, 3.8) is 0 Å². The molecule has 57 valence electrons. The van der Waals surface area contributed by atoms with Crippen LogP contribution in [0.15, 0.2) is 35.5 Å². The van der Waals surface area contributed by atoms with Gasteiger partial charge < -0.3 is 0 Å². The molecule has 1 radical (unpaired) electrons. The van der Waals surface area contributed by atoms with Gasteiger partial charge in [-0.1, -0.05) is 18.2 Å². The summed E-state index contributed by atoms with van der Waals surface area (Å²) >= 11 is 0. The first kappa shape index (κ1) is 6.83. The maximum atomic E-state index is 10.00. The molecule has 0 aromatic heterocycles. The zero-order chi connectivity index (χ0) is 8.39. The highest BCUT2D eigenvalue weighted by atomic mass is 16.1. The number of carbonyl (C=O) groups excluding carboxylic acids is 1. The highest BCUT2D eigenvalue weighted by Gasteiger charge is 2.12. The van der Waals surface area contributed by atoms with Crippen molar-refractivity contribution in [2.45, 2.75) is 0 Å². The van der Waals surface area contributed by atoms with E-state index in [9.17, 15) is 4.79 Å². The Morgan fingerprint density at radius 2 is 2.17 bits per heavy atom. The molecule has 1 aromatic carbocycles. The third-order valence-electron chi connectivity index (χ3n) is 1.67. The summed E-state index contributed by atoms with van der Waals surface area (Å²) in [7, 11) is 0. The average Bonchev–Trinajstić information content (AvgIpc) is 2.50. The number of isocyanates is 1. The van der Waals surface area contributed by atoms with Gasteiger partial charge in [-0.3, -0.25) is 5.32 Å². The van der Waals surface area contributed by atoms with Gasteiger partial charge in [0.1, 0.15) is 5.70 Å². The molecule has 1 heterocycles. The number of hydrogen-bond acceptors (Lipinski definition) is 2. The summed E-state index contributed by atoms with van der Waals surface area (Å²) in [5.41, 5.74) is 2.33. The smallest absolute Gasteiger partial charge is 0.240 e. The van der Waals surface area contributed by atoms with Gasteiger partial charge in [0.15, 0.2) is 0 Å². The average molecular weight is 157 g/mol. The van der Waals surface area contributed by atoms with Gasteiger partial charge in [-0.15, -0.1) is 0 Å². The lowest BCUT2D eigenvalue weighted by Gasteiger charge is -1.95. The fourth-order valence-corrected chi connectivity index (χ4v) is 1.14. The molecule has 0 fully saturated rings. The predicted molar refractivity (Wildman–Crippen MR) is 44.3 cm³/mol. The van der Waals surface area contributed by atoms with Crippen molar-refractivity contribution in [3.05, 3.63) is 36.0 Å². The van der Waals surface area contributed by atoms with Crippen molar-refractivity contribution >= 4 is 17.5 Å². The molecule has 12 heavy (non-hydrogen) atoms. The standard InChI is InChI=1S/C9H5N2O/c12-6-11-9-5-10-8-4-2-1-3-7(8)9/h1-5H. The number of fused-ring (bicyclic) bond motifs is 1. The molecule has 0 atom stereocenters. The third-order valence-corrected chi connectivity index (χ3v) is 1.67. The zero-order valence-corrected chi connectivity index (χ0v) is 6.19. The Kier molecular flexibility index (Phi) is 1.50. The number of rotatable bonds is 1. The molecule has 0 saturated heterocycles. The van der Waals surface area contributed by atoms with Gasteiger partial charge >= 0.3 is 0 Å². The van der Waals surface area contributed by atoms with E-state index in [4.69, 9.17) is 0 Å². The van der Waals surface area contributed by atoms with E-state index in [0.29, 0.717) is 5.70 Å². The fourth-order valence-electron chi connectivity index (χ4n) is 1.14. The summed E-state index contributed by atoms with van der Waals surface area (Å²) in [6, 6.07) is 7.52. The Morgan fingerprint density at radius 1 is 1.33 bits per heavy atom. The number of para-hydroxylation sites is 1. The Hall–Kier alpha value is -1.86. The first-order chi connectivity index (χ1) is 5.92. The highest BCUT2D eigenvalue weighted by molar-refractivity contribution is 5.80. The largest absolute Gasteiger partial charge is 0.254 e. The van der Waals surface area contributed by atoms with E-state index >= 15 is 0 Å². The van der Waals surface area contributed by atoms with Crippen LogP contribution in [0.25, 0.3) is 5.70 Å². The predicted octanol–water partition coefficient (Wildman–Crippen LogP) is 1.57. The number of aliphatic imine (C=N–C) groups is 1. The molecular formula is C9H5N2O. The molecule has 0 bridgehead atoms. The lowest BCUT2D eigenvalue weighted by Crippen LogP contribution is -1.79. The van der Waals surface area contributed by atoms with Crippen LogP contribution in [0.5, 0.6) is 0 Å².